The SMILES string of the molecule is CN(CCCc1ccc(CN)cc1)CCNC(=O)c1sc2ccccc2c1Cl. The summed E-state index contributed by atoms with van der Waals surface area (Å²) < 4.78 is 1.04. The van der Waals surface area contributed by atoms with Crippen LogP contribution in [0.1, 0.15) is 27.2 Å². The maximum absolute atomic E-state index is 12.5. The van der Waals surface area contributed by atoms with Crippen LogP contribution in [0.25, 0.3) is 10.1 Å². The number of benzene rings is 2. The number of hydrogen-bond acceptors (Lipinski definition) is 4. The second kappa shape index (κ2) is 10.0. The molecule has 0 radical (unpaired) electrons. The van der Waals surface area contributed by atoms with Gasteiger partial charge in [-0.05, 0) is 43.6 Å². The van der Waals surface area contributed by atoms with E-state index in [1.807, 2.05) is 24.3 Å². The number of hydrogen-bond donors (Lipinski definition) is 2. The van der Waals surface area contributed by atoms with E-state index in [0.29, 0.717) is 23.0 Å². The largest absolute Gasteiger partial charge is 0.350 e. The van der Waals surface area contributed by atoms with Gasteiger partial charge in [0.25, 0.3) is 5.91 Å². The maximum atomic E-state index is 12.5. The zero-order chi connectivity index (χ0) is 19.9. The molecule has 2 aromatic carbocycles. The molecule has 1 amide bonds. The number of carbonyl (C=O) groups is 1. The lowest BCUT2D eigenvalue weighted by Crippen LogP contribution is -2.33. The number of nitrogens with two attached hydrogens (primary N) is 1. The van der Waals surface area contributed by atoms with Gasteiger partial charge in [-0.2, -0.15) is 0 Å². The van der Waals surface area contributed by atoms with Crippen LogP contribution >= 0.6 is 22.9 Å². The van der Waals surface area contributed by atoms with Crippen molar-refractivity contribution >= 4 is 38.9 Å². The summed E-state index contributed by atoms with van der Waals surface area (Å²) in [6.07, 6.45) is 2.12. The van der Waals surface area contributed by atoms with Crippen molar-refractivity contribution in [1.29, 1.82) is 0 Å². The summed E-state index contributed by atoms with van der Waals surface area (Å²) in [6.45, 7) is 2.98. The Morgan fingerprint density at radius 3 is 2.54 bits per heavy atom. The molecule has 6 heteroatoms. The molecule has 0 saturated carbocycles. The Balaban J connectivity index is 1.40. The number of nitrogens with zero attached hydrogens (tertiary/aromatic N) is 1. The molecule has 1 heterocycles. The molecule has 3 N–H and O–H groups in total. The van der Waals surface area contributed by atoms with Crippen molar-refractivity contribution in [2.24, 2.45) is 5.73 Å². The predicted molar refractivity (Wildman–Crippen MR) is 119 cm³/mol. The number of fused-ring (bicyclic) bond motifs is 1. The number of aryl methyl sites for hydroxylation is 1. The molecule has 0 spiro atoms. The minimum absolute atomic E-state index is 0.0976. The Morgan fingerprint density at radius 1 is 1.11 bits per heavy atom. The summed E-state index contributed by atoms with van der Waals surface area (Å²) in [4.78, 5) is 15.3. The van der Waals surface area contributed by atoms with Crippen LogP contribution in [0.15, 0.2) is 48.5 Å². The maximum Gasteiger partial charge on any atom is 0.262 e. The molecule has 1 aromatic heterocycles. The number of likely N-dealkylation sites (N-methyl/N-ethyl adjacent to an activating group) is 1. The Bertz CT molecular complexity index is 923. The Labute approximate surface area is 175 Å². The van der Waals surface area contributed by atoms with Crippen LogP contribution in [-0.2, 0) is 13.0 Å². The van der Waals surface area contributed by atoms with E-state index < -0.39 is 0 Å². The number of nitrogens with one attached hydrogen (secondary N) is 1. The van der Waals surface area contributed by atoms with E-state index in [1.54, 1.807) is 0 Å². The standard InChI is InChI=1S/C22H26ClN3OS/c1-26(13-4-5-16-8-10-17(15-24)11-9-16)14-12-25-22(27)21-20(23)18-6-2-3-7-19(18)28-21/h2-3,6-11H,4-5,12-15,24H2,1H3,(H,25,27). The van der Waals surface area contributed by atoms with Crippen molar-refractivity contribution in [3.63, 3.8) is 0 Å². The van der Waals surface area contributed by atoms with Crippen LogP contribution in [0.3, 0.4) is 0 Å². The number of rotatable bonds is 9. The van der Waals surface area contributed by atoms with Gasteiger partial charge in [-0.3, -0.25) is 4.79 Å². The Morgan fingerprint density at radius 2 is 1.82 bits per heavy atom. The third kappa shape index (κ3) is 5.32. The number of thiophene rings is 1. The van der Waals surface area contributed by atoms with E-state index in [9.17, 15) is 4.79 Å². The highest BCUT2D eigenvalue weighted by Gasteiger charge is 2.16. The fourth-order valence-corrected chi connectivity index (χ4v) is 4.54. The highest BCUT2D eigenvalue weighted by atomic mass is 35.5. The lowest BCUT2D eigenvalue weighted by atomic mass is 10.1. The molecule has 148 valence electrons. The first-order valence-corrected chi connectivity index (χ1v) is 10.7. The van der Waals surface area contributed by atoms with Crippen LogP contribution in [0.4, 0.5) is 0 Å². The molecule has 28 heavy (non-hydrogen) atoms. The van der Waals surface area contributed by atoms with Crippen LogP contribution in [0, 0.1) is 0 Å². The summed E-state index contributed by atoms with van der Waals surface area (Å²) >= 11 is 7.81. The zero-order valence-electron chi connectivity index (χ0n) is 16.1. The quantitative estimate of drug-likeness (QED) is 0.547. The van der Waals surface area contributed by atoms with Gasteiger partial charge in [0, 0.05) is 29.7 Å². The lowest BCUT2D eigenvalue weighted by molar-refractivity contribution is 0.0954. The molecule has 0 fully saturated rings. The molecule has 3 aromatic rings. The average molecular weight is 416 g/mol. The van der Waals surface area contributed by atoms with E-state index in [1.165, 1.54) is 16.9 Å². The van der Waals surface area contributed by atoms with Crippen molar-refractivity contribution in [2.75, 3.05) is 26.7 Å². The number of halogens is 1. The van der Waals surface area contributed by atoms with E-state index in [0.717, 1.165) is 41.6 Å². The molecule has 0 bridgehead atoms. The molecule has 0 atom stereocenters. The van der Waals surface area contributed by atoms with Crippen molar-refractivity contribution in [3.05, 3.63) is 69.6 Å². The molecule has 0 aliphatic rings. The van der Waals surface area contributed by atoms with Crippen LogP contribution < -0.4 is 11.1 Å². The molecule has 0 aliphatic heterocycles. The van der Waals surface area contributed by atoms with Gasteiger partial charge in [0.1, 0.15) is 4.88 Å². The number of carbonyl (C=O) groups excluding carboxylic acids is 1. The smallest absolute Gasteiger partial charge is 0.262 e. The molecule has 3 rings (SSSR count). The Kier molecular flexibility index (Phi) is 7.45. The van der Waals surface area contributed by atoms with Crippen LogP contribution in [0.2, 0.25) is 5.02 Å². The van der Waals surface area contributed by atoms with Gasteiger partial charge in [-0.25, -0.2) is 0 Å². The van der Waals surface area contributed by atoms with E-state index in [4.69, 9.17) is 17.3 Å². The number of amides is 1. The summed E-state index contributed by atoms with van der Waals surface area (Å²) in [6, 6.07) is 16.3. The second-order valence-corrected chi connectivity index (χ2v) is 8.35. The third-order valence-corrected chi connectivity index (χ3v) is 6.46. The average Bonchev–Trinajstić information content (AvgIpc) is 3.05. The Hall–Kier alpha value is -1.92. The topological polar surface area (TPSA) is 58.4 Å². The highest BCUT2D eigenvalue weighted by Crippen LogP contribution is 2.34. The van der Waals surface area contributed by atoms with E-state index in [-0.39, 0.29) is 5.91 Å². The van der Waals surface area contributed by atoms with Gasteiger partial charge < -0.3 is 16.0 Å². The lowest BCUT2D eigenvalue weighted by Gasteiger charge is -2.16. The summed E-state index contributed by atoms with van der Waals surface area (Å²) in [7, 11) is 2.08. The third-order valence-electron chi connectivity index (χ3n) is 4.78. The van der Waals surface area contributed by atoms with Crippen LogP contribution in [-0.4, -0.2) is 37.5 Å². The van der Waals surface area contributed by atoms with Gasteiger partial charge >= 0.3 is 0 Å². The fraction of sp³-hybridized carbons (Fsp3) is 0.318. The van der Waals surface area contributed by atoms with Gasteiger partial charge in [0.05, 0.1) is 5.02 Å². The fourth-order valence-electron chi connectivity index (χ4n) is 3.11. The molecular weight excluding hydrogens is 390 g/mol. The van der Waals surface area contributed by atoms with Crippen molar-refractivity contribution < 1.29 is 4.79 Å². The second-order valence-electron chi connectivity index (χ2n) is 6.92. The summed E-state index contributed by atoms with van der Waals surface area (Å²) in [5.41, 5.74) is 8.12. The van der Waals surface area contributed by atoms with Gasteiger partial charge in [0.15, 0.2) is 0 Å². The zero-order valence-corrected chi connectivity index (χ0v) is 17.7. The van der Waals surface area contributed by atoms with Crippen molar-refractivity contribution in [2.45, 2.75) is 19.4 Å². The predicted octanol–water partition coefficient (Wildman–Crippen LogP) is 4.31. The first-order valence-electron chi connectivity index (χ1n) is 9.50. The van der Waals surface area contributed by atoms with E-state index in [2.05, 4.69) is 41.5 Å². The normalized spacial score (nSPS) is 11.3. The minimum atomic E-state index is -0.0976. The summed E-state index contributed by atoms with van der Waals surface area (Å²) in [5.74, 6) is -0.0976. The molecule has 4 nitrogen and oxygen atoms in total. The van der Waals surface area contributed by atoms with Gasteiger partial charge in [-0.1, -0.05) is 54.1 Å². The first kappa shape index (κ1) is 20.8. The van der Waals surface area contributed by atoms with Gasteiger partial charge in [0.2, 0.25) is 0 Å². The van der Waals surface area contributed by atoms with Gasteiger partial charge in [-0.15, -0.1) is 11.3 Å². The molecule has 0 saturated heterocycles. The summed E-state index contributed by atoms with van der Waals surface area (Å²) in [5, 5.41) is 4.47. The molecule has 0 aliphatic carbocycles. The van der Waals surface area contributed by atoms with Crippen molar-refractivity contribution in [3.8, 4) is 0 Å². The highest BCUT2D eigenvalue weighted by molar-refractivity contribution is 7.21. The monoisotopic (exact) mass is 415 g/mol. The van der Waals surface area contributed by atoms with Crippen LogP contribution in [0.5, 0.6) is 0 Å². The molecular formula is C22H26ClN3OS. The molecule has 0 unspecified atom stereocenters. The van der Waals surface area contributed by atoms with Crippen molar-refractivity contribution in [1.82, 2.24) is 10.2 Å². The first-order chi connectivity index (χ1) is 13.6. The van der Waals surface area contributed by atoms with E-state index >= 15 is 0 Å². The minimum Gasteiger partial charge on any atom is -0.350 e.